The first-order valence-corrected chi connectivity index (χ1v) is 21.0. The van der Waals surface area contributed by atoms with Gasteiger partial charge >= 0.3 is 5.97 Å². The first-order chi connectivity index (χ1) is 24.1. The van der Waals surface area contributed by atoms with Gasteiger partial charge < -0.3 is 39.1 Å². The molecule has 0 spiro atoms. The number of carbonyl (C=O) groups excluding carboxylic acids is 3. The molecule has 3 aliphatic carbocycles. The summed E-state index contributed by atoms with van der Waals surface area (Å²) in [5.74, 6) is -3.91. The van der Waals surface area contributed by atoms with E-state index in [0.717, 1.165) is 5.56 Å². The predicted molar refractivity (Wildman–Crippen MR) is 195 cm³/mol. The highest BCUT2D eigenvalue weighted by atomic mass is 28.4. The van der Waals surface area contributed by atoms with Crippen molar-refractivity contribution in [1.29, 1.82) is 0 Å². The standard InChI is InChI=1S/C40H56O11Si/c1-36(2,3)52(8,9)51-30-21-29(43)39(46,23-41)32-34(50-35(45)25-13-11-10-12-14-25)40(47)28(42)20-19-27(37(40,4)5)31(33(44)38(30,32)6)49-22-24-15-17-26(48-7)18-16-24/h10-18,27,29-32,34,41,43,46-47H,19-23H2,1-9H3/t27-,29+,30+,31-,32+,34+,38-,39+,40-/m1/s1. The topological polar surface area (TPSA) is 169 Å². The minimum absolute atomic E-state index is 0.00677. The molecule has 286 valence electrons. The molecule has 2 aromatic rings. The van der Waals surface area contributed by atoms with Crippen LogP contribution in [0.25, 0.3) is 0 Å². The van der Waals surface area contributed by atoms with Gasteiger partial charge in [-0.1, -0.05) is 65.0 Å². The molecule has 3 aliphatic rings. The summed E-state index contributed by atoms with van der Waals surface area (Å²) < 4.78 is 25.1. The zero-order valence-electron chi connectivity index (χ0n) is 31.8. The molecule has 2 bridgehead atoms. The number of hydrogen-bond acceptors (Lipinski definition) is 11. The average molecular weight is 741 g/mol. The summed E-state index contributed by atoms with van der Waals surface area (Å²) in [6.07, 6.45) is -6.18. The van der Waals surface area contributed by atoms with Gasteiger partial charge in [0.2, 0.25) is 0 Å². The van der Waals surface area contributed by atoms with Crippen molar-refractivity contribution in [3.05, 3.63) is 65.7 Å². The Kier molecular flexibility index (Phi) is 10.8. The number of rotatable bonds is 9. The zero-order valence-corrected chi connectivity index (χ0v) is 32.8. The van der Waals surface area contributed by atoms with E-state index in [1.165, 1.54) is 12.1 Å². The van der Waals surface area contributed by atoms with E-state index in [-0.39, 0.29) is 36.5 Å². The van der Waals surface area contributed by atoms with E-state index < -0.39 is 90.7 Å². The smallest absolute Gasteiger partial charge is 0.338 e. The lowest BCUT2D eigenvalue weighted by Gasteiger charge is -2.65. The van der Waals surface area contributed by atoms with Crippen LogP contribution < -0.4 is 4.74 Å². The summed E-state index contributed by atoms with van der Waals surface area (Å²) in [6, 6.07) is 15.2. The van der Waals surface area contributed by atoms with Crippen LogP contribution in [-0.4, -0.2) is 95.6 Å². The van der Waals surface area contributed by atoms with Crippen molar-refractivity contribution in [1.82, 2.24) is 0 Å². The van der Waals surface area contributed by atoms with Gasteiger partial charge in [-0.05, 0) is 61.3 Å². The number of benzene rings is 2. The first-order valence-electron chi connectivity index (χ1n) is 18.1. The monoisotopic (exact) mass is 740 g/mol. The molecule has 3 saturated carbocycles. The highest BCUT2D eigenvalue weighted by Gasteiger charge is 2.76. The van der Waals surface area contributed by atoms with Crippen LogP contribution in [0.3, 0.4) is 0 Å². The third-order valence-electron chi connectivity index (χ3n) is 13.1. The van der Waals surface area contributed by atoms with E-state index in [4.69, 9.17) is 18.6 Å². The third kappa shape index (κ3) is 6.37. The molecule has 0 radical (unpaired) electrons. The van der Waals surface area contributed by atoms with Gasteiger partial charge in [0.25, 0.3) is 0 Å². The molecule has 0 aliphatic heterocycles. The molecule has 5 rings (SSSR count). The van der Waals surface area contributed by atoms with Gasteiger partial charge in [0.15, 0.2) is 25.5 Å². The molecule has 2 aromatic carbocycles. The van der Waals surface area contributed by atoms with Crippen LogP contribution >= 0.6 is 0 Å². The lowest BCUT2D eigenvalue weighted by atomic mass is 9.44. The second-order valence-electron chi connectivity index (χ2n) is 17.2. The summed E-state index contributed by atoms with van der Waals surface area (Å²) in [5.41, 5.74) is -7.55. The highest BCUT2D eigenvalue weighted by Crippen LogP contribution is 2.62. The Hall–Kier alpha value is -2.97. The molecule has 0 unspecified atom stereocenters. The van der Waals surface area contributed by atoms with Crippen molar-refractivity contribution >= 4 is 25.9 Å². The van der Waals surface area contributed by atoms with Crippen molar-refractivity contribution < 1.29 is 53.4 Å². The Balaban J connectivity index is 1.78. The summed E-state index contributed by atoms with van der Waals surface area (Å²) in [4.78, 5) is 44.1. The second kappa shape index (κ2) is 14.0. The van der Waals surface area contributed by atoms with Crippen molar-refractivity contribution in [2.24, 2.45) is 22.7 Å². The van der Waals surface area contributed by atoms with Crippen LogP contribution in [0.4, 0.5) is 0 Å². The second-order valence-corrected chi connectivity index (χ2v) is 22.0. The molecule has 12 heteroatoms. The number of ether oxygens (including phenoxy) is 3. The lowest BCUT2D eigenvalue weighted by molar-refractivity contribution is -0.290. The highest BCUT2D eigenvalue weighted by molar-refractivity contribution is 6.74. The molecule has 3 fully saturated rings. The number of ketones is 2. The van der Waals surface area contributed by atoms with Crippen LogP contribution in [-0.2, 0) is 30.1 Å². The zero-order chi connectivity index (χ0) is 38.7. The number of carbonyl (C=O) groups is 3. The fourth-order valence-electron chi connectivity index (χ4n) is 8.65. The Morgan fingerprint density at radius 3 is 2.15 bits per heavy atom. The van der Waals surface area contributed by atoms with Crippen molar-refractivity contribution in [3.63, 3.8) is 0 Å². The molecule has 0 heterocycles. The molecular weight excluding hydrogens is 685 g/mol. The minimum Gasteiger partial charge on any atom is -0.497 e. The van der Waals surface area contributed by atoms with E-state index in [0.29, 0.717) is 5.75 Å². The molecule has 4 N–H and O–H groups in total. The van der Waals surface area contributed by atoms with E-state index in [1.54, 1.807) is 58.2 Å². The van der Waals surface area contributed by atoms with E-state index in [2.05, 4.69) is 0 Å². The van der Waals surface area contributed by atoms with Gasteiger partial charge in [-0.3, -0.25) is 9.59 Å². The molecule has 9 atom stereocenters. The van der Waals surface area contributed by atoms with Gasteiger partial charge in [0.1, 0.15) is 23.6 Å². The van der Waals surface area contributed by atoms with Crippen molar-refractivity contribution in [2.75, 3.05) is 13.7 Å². The van der Waals surface area contributed by atoms with Crippen LogP contribution in [0, 0.1) is 22.7 Å². The fraction of sp³-hybridized carbons (Fsp3) is 0.625. The summed E-state index contributed by atoms with van der Waals surface area (Å²) in [5, 5.41) is 48.1. The normalized spacial score (nSPS) is 34.9. The summed E-state index contributed by atoms with van der Waals surface area (Å²) in [7, 11) is -1.20. The lowest BCUT2D eigenvalue weighted by Crippen LogP contribution is -2.80. The first kappa shape index (κ1) is 40.2. The molecule has 0 amide bonds. The van der Waals surface area contributed by atoms with E-state index >= 15 is 4.79 Å². The van der Waals surface area contributed by atoms with Crippen LogP contribution in [0.5, 0.6) is 5.75 Å². The number of aliphatic hydroxyl groups is 4. The Bertz CT molecular complexity index is 1640. The van der Waals surface area contributed by atoms with Gasteiger partial charge in [-0.25, -0.2) is 4.79 Å². The number of Topliss-reactive ketones (excluding diaryl/α,β-unsaturated/α-hetero) is 2. The minimum atomic E-state index is -2.76. The predicted octanol–water partition coefficient (Wildman–Crippen LogP) is 4.63. The third-order valence-corrected chi connectivity index (χ3v) is 17.6. The van der Waals surface area contributed by atoms with E-state index in [1.807, 2.05) is 46.0 Å². The van der Waals surface area contributed by atoms with Gasteiger partial charge in [0.05, 0.1) is 43.5 Å². The Labute approximate surface area is 307 Å². The molecular formula is C40H56O11Si. The quantitative estimate of drug-likeness (QED) is 0.209. The van der Waals surface area contributed by atoms with E-state index in [9.17, 15) is 30.0 Å². The number of aliphatic hydroxyl groups excluding tert-OH is 2. The van der Waals surface area contributed by atoms with Crippen molar-refractivity contribution in [2.45, 2.75) is 121 Å². The number of fused-ring (bicyclic) bond motifs is 3. The number of hydrogen-bond donors (Lipinski definition) is 4. The van der Waals surface area contributed by atoms with Gasteiger partial charge in [-0.2, -0.15) is 0 Å². The summed E-state index contributed by atoms with van der Waals surface area (Å²) >= 11 is 0. The summed E-state index contributed by atoms with van der Waals surface area (Å²) in [6.45, 7) is 13.9. The molecule has 0 saturated heterocycles. The van der Waals surface area contributed by atoms with Gasteiger partial charge in [0, 0.05) is 30.1 Å². The maximum absolute atomic E-state index is 15.7. The number of methoxy groups -OCH3 is 1. The van der Waals surface area contributed by atoms with Crippen molar-refractivity contribution in [3.8, 4) is 5.75 Å². The van der Waals surface area contributed by atoms with Crippen LogP contribution in [0.2, 0.25) is 18.1 Å². The van der Waals surface area contributed by atoms with Gasteiger partial charge in [-0.15, -0.1) is 0 Å². The number of esters is 1. The maximum atomic E-state index is 15.7. The SMILES string of the molecule is COc1ccc(CO[C@H]2C(=O)[C@]3(C)[C@@H](O[Si](C)(C)C(C)(C)C)C[C@H](O)[C@@](O)(CO)[C@H]3[C@H](OC(=O)c3ccccc3)[C@]3(O)C(=O)CC[C@H]2C3(C)C)cc1. The molecule has 11 nitrogen and oxygen atoms in total. The largest absolute Gasteiger partial charge is 0.497 e. The fourth-order valence-corrected chi connectivity index (χ4v) is 10.1. The Morgan fingerprint density at radius 2 is 1.60 bits per heavy atom. The Morgan fingerprint density at radius 1 is 0.981 bits per heavy atom. The van der Waals surface area contributed by atoms with Crippen LogP contribution in [0.15, 0.2) is 54.6 Å². The average Bonchev–Trinajstić information content (AvgIpc) is 3.09. The molecule has 52 heavy (non-hydrogen) atoms. The van der Waals surface area contributed by atoms with Crippen LogP contribution in [0.1, 0.15) is 76.7 Å². The maximum Gasteiger partial charge on any atom is 0.338 e. The molecule has 0 aromatic heterocycles.